The van der Waals surface area contributed by atoms with Gasteiger partial charge in [0.1, 0.15) is 0 Å². The summed E-state index contributed by atoms with van der Waals surface area (Å²) >= 11 is 6.13. The number of piperidine rings is 1. The monoisotopic (exact) mass is 353 g/mol. The number of hydrogen-bond donors (Lipinski definition) is 1. The highest BCUT2D eigenvalue weighted by Gasteiger charge is 2.47. The first-order chi connectivity index (χ1) is 11.5. The predicted molar refractivity (Wildman–Crippen MR) is 91.3 cm³/mol. The number of carbonyl (C=O) groups excluding carboxylic acids is 1. The van der Waals surface area contributed by atoms with E-state index >= 15 is 0 Å². The van der Waals surface area contributed by atoms with Gasteiger partial charge in [0.05, 0.1) is 35.0 Å². The lowest BCUT2D eigenvalue weighted by molar-refractivity contribution is -0.189. The molecule has 0 bridgehead atoms. The maximum absolute atomic E-state index is 12.7. The van der Waals surface area contributed by atoms with Gasteiger partial charge in [0.15, 0.2) is 0 Å². The molecule has 2 aliphatic rings. The highest BCUT2D eigenvalue weighted by Crippen LogP contribution is 2.40. The number of methoxy groups -OCH3 is 1. The zero-order valence-corrected chi connectivity index (χ0v) is 14.7. The van der Waals surface area contributed by atoms with E-state index < -0.39 is 5.60 Å². The second-order valence-corrected chi connectivity index (χ2v) is 7.29. The van der Waals surface area contributed by atoms with Gasteiger partial charge in [0.25, 0.3) is 5.91 Å². The topological polar surface area (TPSA) is 59.0 Å². The summed E-state index contributed by atoms with van der Waals surface area (Å²) in [6.07, 6.45) is 2.58. The summed E-state index contributed by atoms with van der Waals surface area (Å²) in [5.74, 6) is -0.0431. The summed E-state index contributed by atoms with van der Waals surface area (Å²) in [4.78, 5) is 14.5. The van der Waals surface area contributed by atoms with Crippen LogP contribution >= 0.6 is 11.6 Å². The zero-order chi connectivity index (χ0) is 17.2. The van der Waals surface area contributed by atoms with Gasteiger partial charge in [-0.3, -0.25) is 4.79 Å². The van der Waals surface area contributed by atoms with E-state index in [-0.39, 0.29) is 11.5 Å². The predicted octanol–water partition coefficient (Wildman–Crippen LogP) is 2.50. The Morgan fingerprint density at radius 2 is 2.04 bits per heavy atom. The molecule has 0 radical (unpaired) electrons. The van der Waals surface area contributed by atoms with Crippen LogP contribution in [0.5, 0.6) is 0 Å². The van der Waals surface area contributed by atoms with Gasteiger partial charge in [-0.05, 0) is 25.0 Å². The Labute approximate surface area is 147 Å². The third kappa shape index (κ3) is 3.59. The number of likely N-dealkylation sites (tertiary alicyclic amines) is 1. The van der Waals surface area contributed by atoms with E-state index in [0.29, 0.717) is 49.7 Å². The van der Waals surface area contributed by atoms with Crippen LogP contribution in [0.25, 0.3) is 0 Å². The molecule has 2 fully saturated rings. The van der Waals surface area contributed by atoms with Crippen LogP contribution in [-0.2, 0) is 9.47 Å². The molecule has 0 saturated carbocycles. The van der Waals surface area contributed by atoms with Crippen molar-refractivity contribution in [3.05, 3.63) is 34.9 Å². The minimum atomic E-state index is -0.831. The molecule has 3 rings (SSSR count). The lowest BCUT2D eigenvalue weighted by Crippen LogP contribution is -2.56. The number of carbonyl (C=O) groups is 1. The SMILES string of the molecule is COCC1(O)CCOC2(CCN(C(=O)c3ccccc3Cl)CC2)C1. The van der Waals surface area contributed by atoms with Gasteiger partial charge in [0, 0.05) is 33.0 Å². The third-order valence-corrected chi connectivity index (χ3v) is 5.44. The van der Waals surface area contributed by atoms with Crippen molar-refractivity contribution in [1.82, 2.24) is 4.90 Å². The number of hydrogen-bond acceptors (Lipinski definition) is 4. The van der Waals surface area contributed by atoms with Gasteiger partial charge < -0.3 is 19.5 Å². The molecular formula is C18H24ClNO4. The fourth-order valence-electron chi connectivity index (χ4n) is 3.83. The van der Waals surface area contributed by atoms with Crippen molar-refractivity contribution in [2.75, 3.05) is 33.4 Å². The number of ether oxygens (including phenoxy) is 2. The summed E-state index contributed by atoms with van der Waals surface area (Å²) < 4.78 is 11.2. The summed E-state index contributed by atoms with van der Waals surface area (Å²) in [5, 5.41) is 11.2. The molecule has 1 N–H and O–H groups in total. The second-order valence-electron chi connectivity index (χ2n) is 6.89. The minimum Gasteiger partial charge on any atom is -0.387 e. The van der Waals surface area contributed by atoms with Crippen LogP contribution in [0.15, 0.2) is 24.3 Å². The van der Waals surface area contributed by atoms with E-state index in [4.69, 9.17) is 21.1 Å². The van der Waals surface area contributed by atoms with Gasteiger partial charge in [-0.2, -0.15) is 0 Å². The van der Waals surface area contributed by atoms with Gasteiger partial charge in [-0.1, -0.05) is 23.7 Å². The van der Waals surface area contributed by atoms with Gasteiger partial charge >= 0.3 is 0 Å². The van der Waals surface area contributed by atoms with Gasteiger partial charge in [0.2, 0.25) is 0 Å². The number of nitrogens with zero attached hydrogens (tertiary/aromatic N) is 1. The Kier molecular flexibility index (Phi) is 5.16. The van der Waals surface area contributed by atoms with Crippen molar-refractivity contribution in [3.63, 3.8) is 0 Å². The summed E-state index contributed by atoms with van der Waals surface area (Å²) in [6, 6.07) is 7.12. The first-order valence-electron chi connectivity index (χ1n) is 8.36. The molecule has 132 valence electrons. The normalized spacial score (nSPS) is 26.5. The second kappa shape index (κ2) is 7.00. The standard InChI is InChI=1S/C18H24ClNO4/c1-23-13-17(22)8-11-24-18(12-17)6-9-20(10-7-18)16(21)14-4-2-3-5-15(14)19/h2-5,22H,6-13H2,1H3. The summed E-state index contributed by atoms with van der Waals surface area (Å²) in [6.45, 7) is 2.05. The lowest BCUT2D eigenvalue weighted by Gasteiger charge is -2.49. The Balaban J connectivity index is 1.65. The fourth-order valence-corrected chi connectivity index (χ4v) is 4.05. The van der Waals surface area contributed by atoms with Crippen LogP contribution in [0.3, 0.4) is 0 Å². The number of benzene rings is 1. The van der Waals surface area contributed by atoms with Gasteiger partial charge in [-0.15, -0.1) is 0 Å². The molecular weight excluding hydrogens is 330 g/mol. The van der Waals surface area contributed by atoms with Crippen LogP contribution < -0.4 is 0 Å². The smallest absolute Gasteiger partial charge is 0.255 e. The molecule has 6 heteroatoms. The molecule has 2 saturated heterocycles. The maximum atomic E-state index is 12.7. The molecule has 1 aromatic rings. The first-order valence-corrected chi connectivity index (χ1v) is 8.74. The number of rotatable bonds is 3. The average Bonchev–Trinajstić information content (AvgIpc) is 2.55. The third-order valence-electron chi connectivity index (χ3n) is 5.11. The Bertz CT molecular complexity index is 596. The summed E-state index contributed by atoms with van der Waals surface area (Å²) in [7, 11) is 1.60. The number of amides is 1. The van der Waals surface area contributed by atoms with Crippen LogP contribution in [0.1, 0.15) is 36.0 Å². The molecule has 5 nitrogen and oxygen atoms in total. The molecule has 1 atom stereocenters. The Hall–Kier alpha value is -1.14. The van der Waals surface area contributed by atoms with Crippen molar-refractivity contribution in [2.45, 2.75) is 36.9 Å². The maximum Gasteiger partial charge on any atom is 0.255 e. The molecule has 24 heavy (non-hydrogen) atoms. The molecule has 1 aromatic carbocycles. The quantitative estimate of drug-likeness (QED) is 0.907. The highest BCUT2D eigenvalue weighted by molar-refractivity contribution is 6.33. The highest BCUT2D eigenvalue weighted by atomic mass is 35.5. The largest absolute Gasteiger partial charge is 0.387 e. The summed E-state index contributed by atoms with van der Waals surface area (Å²) in [5.41, 5.74) is -0.652. The van der Waals surface area contributed by atoms with Crippen molar-refractivity contribution in [1.29, 1.82) is 0 Å². The van der Waals surface area contributed by atoms with E-state index in [2.05, 4.69) is 0 Å². The van der Waals surface area contributed by atoms with Crippen LogP contribution in [0.2, 0.25) is 5.02 Å². The van der Waals surface area contributed by atoms with Crippen molar-refractivity contribution in [3.8, 4) is 0 Å². The van der Waals surface area contributed by atoms with E-state index in [1.807, 2.05) is 17.0 Å². The molecule has 0 aliphatic carbocycles. The van der Waals surface area contributed by atoms with E-state index in [9.17, 15) is 9.90 Å². The van der Waals surface area contributed by atoms with Gasteiger partial charge in [-0.25, -0.2) is 0 Å². The fraction of sp³-hybridized carbons (Fsp3) is 0.611. The minimum absolute atomic E-state index is 0.0431. The molecule has 0 aromatic heterocycles. The molecule has 1 spiro atoms. The van der Waals surface area contributed by atoms with Crippen LogP contribution in [0.4, 0.5) is 0 Å². The molecule has 2 aliphatic heterocycles. The lowest BCUT2D eigenvalue weighted by atomic mass is 9.77. The van der Waals surface area contributed by atoms with E-state index in [1.54, 1.807) is 19.2 Å². The molecule has 1 unspecified atom stereocenters. The molecule has 2 heterocycles. The zero-order valence-electron chi connectivity index (χ0n) is 14.0. The van der Waals surface area contributed by atoms with Crippen molar-refractivity contribution >= 4 is 17.5 Å². The number of aliphatic hydroxyl groups is 1. The Morgan fingerprint density at radius 1 is 1.33 bits per heavy atom. The Morgan fingerprint density at radius 3 is 2.71 bits per heavy atom. The average molecular weight is 354 g/mol. The number of halogens is 1. The van der Waals surface area contributed by atoms with E-state index in [1.165, 1.54) is 0 Å². The first kappa shape index (κ1) is 17.7. The van der Waals surface area contributed by atoms with Crippen molar-refractivity contribution < 1.29 is 19.4 Å². The van der Waals surface area contributed by atoms with Crippen molar-refractivity contribution in [2.24, 2.45) is 0 Å². The van der Waals surface area contributed by atoms with Crippen LogP contribution in [0, 0.1) is 0 Å². The molecule has 1 amide bonds. The van der Waals surface area contributed by atoms with E-state index in [0.717, 1.165) is 12.8 Å². The van der Waals surface area contributed by atoms with Crippen LogP contribution in [-0.4, -0.2) is 60.5 Å².